The first-order chi connectivity index (χ1) is 8.20. The molecular formula is C13H17ClINO. The van der Waals surface area contributed by atoms with Crippen molar-refractivity contribution in [1.82, 2.24) is 0 Å². The molecule has 0 saturated carbocycles. The molecule has 1 fully saturated rings. The minimum absolute atomic E-state index is 0.493. The van der Waals surface area contributed by atoms with E-state index in [1.54, 1.807) is 0 Å². The van der Waals surface area contributed by atoms with E-state index >= 15 is 0 Å². The van der Waals surface area contributed by atoms with Crippen LogP contribution in [-0.4, -0.2) is 19.3 Å². The molecule has 94 valence electrons. The van der Waals surface area contributed by atoms with E-state index in [1.807, 2.05) is 12.1 Å². The van der Waals surface area contributed by atoms with Crippen molar-refractivity contribution in [1.29, 1.82) is 0 Å². The summed E-state index contributed by atoms with van der Waals surface area (Å²) in [5, 5.41) is 4.41. The maximum atomic E-state index is 5.96. The molecular weight excluding hydrogens is 349 g/mol. The van der Waals surface area contributed by atoms with E-state index in [-0.39, 0.29) is 0 Å². The van der Waals surface area contributed by atoms with Gasteiger partial charge >= 0.3 is 0 Å². The zero-order valence-corrected chi connectivity index (χ0v) is 12.8. The van der Waals surface area contributed by atoms with E-state index in [1.165, 1.54) is 9.26 Å². The van der Waals surface area contributed by atoms with Crippen molar-refractivity contribution >= 4 is 39.9 Å². The molecule has 1 aromatic carbocycles. The van der Waals surface area contributed by atoms with Crippen LogP contribution < -0.4 is 5.32 Å². The average Bonchev–Trinajstić information content (AvgIpc) is 2.81. The third kappa shape index (κ3) is 3.48. The van der Waals surface area contributed by atoms with Crippen molar-refractivity contribution in [2.45, 2.75) is 25.8 Å². The summed E-state index contributed by atoms with van der Waals surface area (Å²) in [6, 6.07) is 6.47. The van der Waals surface area contributed by atoms with Gasteiger partial charge in [0.25, 0.3) is 0 Å². The quantitative estimate of drug-likeness (QED) is 0.809. The molecule has 0 aliphatic carbocycles. The second-order valence-corrected chi connectivity index (χ2v) is 6.01. The van der Waals surface area contributed by atoms with E-state index in [2.05, 4.69) is 40.9 Å². The minimum Gasteiger partial charge on any atom is -0.381 e. The Balaban J connectivity index is 2.06. The second kappa shape index (κ2) is 6.25. The molecule has 2 atom stereocenters. The van der Waals surface area contributed by atoms with Crippen LogP contribution in [0.5, 0.6) is 0 Å². The van der Waals surface area contributed by atoms with E-state index in [4.69, 9.17) is 16.3 Å². The van der Waals surface area contributed by atoms with Crippen LogP contribution in [0.15, 0.2) is 18.2 Å². The molecule has 1 aliphatic heterocycles. The third-order valence-electron chi connectivity index (χ3n) is 3.25. The molecule has 1 N–H and O–H groups in total. The zero-order valence-electron chi connectivity index (χ0n) is 9.88. The number of halogens is 2. The van der Waals surface area contributed by atoms with E-state index in [0.717, 1.165) is 31.1 Å². The van der Waals surface area contributed by atoms with E-state index in [0.29, 0.717) is 12.0 Å². The van der Waals surface area contributed by atoms with Gasteiger partial charge in [-0.2, -0.15) is 0 Å². The fourth-order valence-electron chi connectivity index (χ4n) is 2.23. The number of rotatable bonds is 4. The average molecular weight is 366 g/mol. The molecule has 0 amide bonds. The molecule has 0 radical (unpaired) electrons. The molecule has 17 heavy (non-hydrogen) atoms. The van der Waals surface area contributed by atoms with Gasteiger partial charge in [0.2, 0.25) is 0 Å². The van der Waals surface area contributed by atoms with Gasteiger partial charge in [-0.15, -0.1) is 0 Å². The summed E-state index contributed by atoms with van der Waals surface area (Å²) < 4.78 is 6.64. The van der Waals surface area contributed by atoms with Crippen molar-refractivity contribution in [2.75, 3.05) is 18.5 Å². The Kier molecular flexibility index (Phi) is 4.94. The van der Waals surface area contributed by atoms with Gasteiger partial charge in [0.15, 0.2) is 0 Å². The Morgan fingerprint density at radius 2 is 2.41 bits per heavy atom. The largest absolute Gasteiger partial charge is 0.381 e. The first kappa shape index (κ1) is 13.4. The SMILES string of the molecule is CCC(Nc1ccc(Cl)cc1I)C1CCOC1. The molecule has 1 heterocycles. The van der Waals surface area contributed by atoms with Gasteiger partial charge in [-0.05, 0) is 53.6 Å². The lowest BCUT2D eigenvalue weighted by Crippen LogP contribution is -2.29. The van der Waals surface area contributed by atoms with Crippen molar-refractivity contribution in [3.8, 4) is 0 Å². The zero-order chi connectivity index (χ0) is 12.3. The Bertz CT molecular complexity index is 380. The fraction of sp³-hybridized carbons (Fsp3) is 0.538. The fourth-order valence-corrected chi connectivity index (χ4v) is 3.26. The molecule has 1 aliphatic rings. The highest BCUT2D eigenvalue weighted by Crippen LogP contribution is 2.27. The molecule has 0 spiro atoms. The summed E-state index contributed by atoms with van der Waals surface area (Å²) in [5.41, 5.74) is 1.17. The minimum atomic E-state index is 0.493. The summed E-state index contributed by atoms with van der Waals surface area (Å²) in [6.07, 6.45) is 2.28. The van der Waals surface area contributed by atoms with Gasteiger partial charge < -0.3 is 10.1 Å². The Labute approximate surface area is 121 Å². The summed E-state index contributed by atoms with van der Waals surface area (Å²) >= 11 is 8.28. The standard InChI is InChI=1S/C13H17ClINO/c1-2-12(9-5-6-17-8-9)16-13-4-3-10(14)7-11(13)15/h3-4,7,9,12,16H,2,5-6,8H2,1H3. The third-order valence-corrected chi connectivity index (χ3v) is 4.37. The lowest BCUT2D eigenvalue weighted by atomic mass is 9.96. The van der Waals surface area contributed by atoms with Gasteiger partial charge in [-0.1, -0.05) is 18.5 Å². The van der Waals surface area contributed by atoms with Gasteiger partial charge in [-0.25, -0.2) is 0 Å². The van der Waals surface area contributed by atoms with Crippen molar-refractivity contribution < 1.29 is 4.74 Å². The van der Waals surface area contributed by atoms with Crippen LogP contribution in [0.3, 0.4) is 0 Å². The molecule has 1 aromatic rings. The first-order valence-electron chi connectivity index (χ1n) is 6.00. The normalized spacial score (nSPS) is 21.5. The lowest BCUT2D eigenvalue weighted by Gasteiger charge is -2.24. The highest BCUT2D eigenvalue weighted by molar-refractivity contribution is 14.1. The Morgan fingerprint density at radius 1 is 1.59 bits per heavy atom. The van der Waals surface area contributed by atoms with Gasteiger partial charge in [0.05, 0.1) is 6.61 Å². The molecule has 0 bridgehead atoms. The topological polar surface area (TPSA) is 21.3 Å². The first-order valence-corrected chi connectivity index (χ1v) is 7.45. The predicted octanol–water partition coefficient (Wildman–Crippen LogP) is 4.17. The van der Waals surface area contributed by atoms with Crippen LogP contribution >= 0.6 is 34.2 Å². The van der Waals surface area contributed by atoms with Crippen LogP contribution in [0.1, 0.15) is 19.8 Å². The van der Waals surface area contributed by atoms with Crippen LogP contribution in [0.25, 0.3) is 0 Å². The maximum absolute atomic E-state index is 5.96. The number of anilines is 1. The molecule has 2 unspecified atom stereocenters. The van der Waals surface area contributed by atoms with Crippen molar-refractivity contribution in [3.05, 3.63) is 26.8 Å². The number of ether oxygens (including phenoxy) is 1. The Morgan fingerprint density at radius 3 is 3.00 bits per heavy atom. The lowest BCUT2D eigenvalue weighted by molar-refractivity contribution is 0.182. The van der Waals surface area contributed by atoms with Crippen LogP contribution in [0.4, 0.5) is 5.69 Å². The number of nitrogens with one attached hydrogen (secondary N) is 1. The molecule has 2 nitrogen and oxygen atoms in total. The highest BCUT2D eigenvalue weighted by atomic mass is 127. The number of hydrogen-bond donors (Lipinski definition) is 1. The van der Waals surface area contributed by atoms with Crippen molar-refractivity contribution in [3.63, 3.8) is 0 Å². The molecule has 1 saturated heterocycles. The van der Waals surface area contributed by atoms with Gasteiger partial charge in [0.1, 0.15) is 0 Å². The summed E-state index contributed by atoms with van der Waals surface area (Å²) in [4.78, 5) is 0. The van der Waals surface area contributed by atoms with Gasteiger partial charge in [-0.3, -0.25) is 0 Å². The van der Waals surface area contributed by atoms with Crippen molar-refractivity contribution in [2.24, 2.45) is 5.92 Å². The second-order valence-electron chi connectivity index (χ2n) is 4.41. The number of benzene rings is 1. The summed E-state index contributed by atoms with van der Waals surface area (Å²) in [7, 11) is 0. The van der Waals surface area contributed by atoms with E-state index < -0.39 is 0 Å². The number of hydrogen-bond acceptors (Lipinski definition) is 2. The molecule has 2 rings (SSSR count). The van der Waals surface area contributed by atoms with Gasteiger partial charge in [0, 0.05) is 32.8 Å². The van der Waals surface area contributed by atoms with E-state index in [9.17, 15) is 0 Å². The van der Waals surface area contributed by atoms with Crippen LogP contribution in [0.2, 0.25) is 5.02 Å². The smallest absolute Gasteiger partial charge is 0.0514 e. The predicted molar refractivity (Wildman–Crippen MR) is 80.8 cm³/mol. The molecule has 4 heteroatoms. The highest BCUT2D eigenvalue weighted by Gasteiger charge is 2.24. The monoisotopic (exact) mass is 365 g/mol. The Hall–Kier alpha value is -0.0000000000000000763. The summed E-state index contributed by atoms with van der Waals surface area (Å²) in [5.74, 6) is 0.631. The maximum Gasteiger partial charge on any atom is 0.0514 e. The van der Waals surface area contributed by atoms with Crippen LogP contribution in [-0.2, 0) is 4.74 Å². The van der Waals surface area contributed by atoms with Crippen LogP contribution in [0, 0.1) is 9.49 Å². The summed E-state index contributed by atoms with van der Waals surface area (Å²) in [6.45, 7) is 4.01. The molecule has 0 aromatic heterocycles.